The Morgan fingerprint density at radius 1 is 1.32 bits per heavy atom. The van der Waals surface area contributed by atoms with Crippen molar-refractivity contribution >= 4 is 6.03 Å². The van der Waals surface area contributed by atoms with E-state index in [9.17, 15) is 4.79 Å². The van der Waals surface area contributed by atoms with E-state index in [4.69, 9.17) is 0 Å². The van der Waals surface area contributed by atoms with Gasteiger partial charge in [-0.05, 0) is 33.2 Å². The molecule has 19 heavy (non-hydrogen) atoms. The van der Waals surface area contributed by atoms with Crippen LogP contribution in [0.5, 0.6) is 0 Å². The van der Waals surface area contributed by atoms with Crippen LogP contribution in [-0.4, -0.2) is 62.8 Å². The standard InChI is InChI=1S/C13H21N5O/c1-11(2)16-5-3-4-13(6-16)7-17(8-13)12(19)18-10-14-9-15-18/h9-11H,3-8H2,1-2H3. The normalized spacial score (nSPS) is 22.8. The molecule has 0 atom stereocenters. The van der Waals surface area contributed by atoms with Crippen molar-refractivity contribution in [2.24, 2.45) is 5.41 Å². The minimum Gasteiger partial charge on any atom is -0.321 e. The molecular formula is C13H21N5O. The summed E-state index contributed by atoms with van der Waals surface area (Å²) in [7, 11) is 0. The molecule has 0 bridgehead atoms. The molecule has 0 unspecified atom stereocenters. The van der Waals surface area contributed by atoms with Crippen molar-refractivity contribution in [2.45, 2.75) is 32.7 Å². The van der Waals surface area contributed by atoms with Crippen LogP contribution in [0, 0.1) is 5.41 Å². The number of piperidine rings is 1. The lowest BCUT2D eigenvalue weighted by atomic mass is 9.73. The van der Waals surface area contributed by atoms with Gasteiger partial charge in [0.25, 0.3) is 0 Å². The first kappa shape index (κ1) is 12.6. The second kappa shape index (κ2) is 4.59. The highest BCUT2D eigenvalue weighted by Gasteiger charge is 2.48. The molecule has 3 rings (SSSR count). The average Bonchev–Trinajstić information content (AvgIpc) is 2.89. The van der Waals surface area contributed by atoms with Crippen molar-refractivity contribution in [3.05, 3.63) is 12.7 Å². The first-order valence-electron chi connectivity index (χ1n) is 6.98. The first-order valence-corrected chi connectivity index (χ1v) is 6.98. The number of aromatic nitrogens is 3. The summed E-state index contributed by atoms with van der Waals surface area (Å²) in [6.45, 7) is 8.51. The van der Waals surface area contributed by atoms with Gasteiger partial charge in [-0.15, -0.1) is 0 Å². The Labute approximate surface area is 113 Å². The Morgan fingerprint density at radius 3 is 2.74 bits per heavy atom. The molecule has 0 radical (unpaired) electrons. The van der Waals surface area contributed by atoms with Crippen LogP contribution in [0.25, 0.3) is 0 Å². The van der Waals surface area contributed by atoms with Crippen LogP contribution < -0.4 is 0 Å². The molecule has 3 heterocycles. The fourth-order valence-corrected chi connectivity index (χ4v) is 3.30. The molecule has 0 saturated carbocycles. The smallest absolute Gasteiger partial charge is 0.321 e. The number of nitrogens with zero attached hydrogens (tertiary/aromatic N) is 5. The summed E-state index contributed by atoms with van der Waals surface area (Å²) in [6.07, 6.45) is 5.34. The van der Waals surface area contributed by atoms with E-state index in [1.165, 1.54) is 36.7 Å². The fourth-order valence-electron chi connectivity index (χ4n) is 3.30. The van der Waals surface area contributed by atoms with E-state index in [0.29, 0.717) is 11.5 Å². The molecule has 2 aliphatic heterocycles. The highest BCUT2D eigenvalue weighted by molar-refractivity contribution is 5.76. The number of rotatable bonds is 1. The summed E-state index contributed by atoms with van der Waals surface area (Å²) in [4.78, 5) is 20.3. The fraction of sp³-hybridized carbons (Fsp3) is 0.769. The summed E-state index contributed by atoms with van der Waals surface area (Å²) in [6, 6.07) is 0.544. The maximum absolute atomic E-state index is 12.1. The van der Waals surface area contributed by atoms with Gasteiger partial charge in [-0.25, -0.2) is 9.78 Å². The van der Waals surface area contributed by atoms with Gasteiger partial charge in [-0.3, -0.25) is 0 Å². The Kier molecular flexibility index (Phi) is 3.05. The van der Waals surface area contributed by atoms with E-state index < -0.39 is 0 Å². The van der Waals surface area contributed by atoms with Crippen LogP contribution in [0.4, 0.5) is 4.79 Å². The van der Waals surface area contributed by atoms with Gasteiger partial charge in [-0.1, -0.05) is 0 Å². The predicted octanol–water partition coefficient (Wildman–Crippen LogP) is 1.05. The lowest BCUT2D eigenvalue weighted by molar-refractivity contribution is -0.0390. The highest BCUT2D eigenvalue weighted by atomic mass is 16.2. The zero-order valence-corrected chi connectivity index (χ0v) is 11.6. The van der Waals surface area contributed by atoms with Crippen LogP contribution in [0.3, 0.4) is 0 Å². The van der Waals surface area contributed by atoms with Crippen molar-refractivity contribution in [2.75, 3.05) is 26.2 Å². The quantitative estimate of drug-likeness (QED) is 0.760. The maximum atomic E-state index is 12.1. The maximum Gasteiger partial charge on any atom is 0.346 e. The summed E-state index contributed by atoms with van der Waals surface area (Å²) in [5, 5.41) is 3.90. The lowest BCUT2D eigenvalue weighted by Crippen LogP contribution is -2.65. The summed E-state index contributed by atoms with van der Waals surface area (Å²) in [5.41, 5.74) is 0.318. The summed E-state index contributed by atoms with van der Waals surface area (Å²) < 4.78 is 1.32. The third-order valence-corrected chi connectivity index (χ3v) is 4.36. The second-order valence-corrected chi connectivity index (χ2v) is 6.15. The van der Waals surface area contributed by atoms with E-state index >= 15 is 0 Å². The zero-order valence-electron chi connectivity index (χ0n) is 11.6. The Bertz CT molecular complexity index is 450. The first-order chi connectivity index (χ1) is 9.10. The van der Waals surface area contributed by atoms with Gasteiger partial charge in [0.05, 0.1) is 0 Å². The molecular weight excluding hydrogens is 242 g/mol. The molecule has 2 fully saturated rings. The van der Waals surface area contributed by atoms with Crippen molar-refractivity contribution in [1.29, 1.82) is 0 Å². The van der Waals surface area contributed by atoms with Crippen LogP contribution in [0.1, 0.15) is 26.7 Å². The zero-order chi connectivity index (χ0) is 13.5. The van der Waals surface area contributed by atoms with Crippen molar-refractivity contribution < 1.29 is 4.79 Å². The molecule has 0 aromatic carbocycles. The van der Waals surface area contributed by atoms with Crippen molar-refractivity contribution in [1.82, 2.24) is 24.6 Å². The summed E-state index contributed by atoms with van der Waals surface area (Å²) >= 11 is 0. The van der Waals surface area contributed by atoms with E-state index in [0.717, 1.165) is 19.6 Å². The monoisotopic (exact) mass is 263 g/mol. The van der Waals surface area contributed by atoms with Crippen LogP contribution >= 0.6 is 0 Å². The largest absolute Gasteiger partial charge is 0.346 e. The number of likely N-dealkylation sites (tertiary alicyclic amines) is 2. The van der Waals surface area contributed by atoms with E-state index in [-0.39, 0.29) is 6.03 Å². The minimum atomic E-state index is -0.0511. The van der Waals surface area contributed by atoms with Crippen LogP contribution in [0.2, 0.25) is 0 Å². The van der Waals surface area contributed by atoms with Crippen molar-refractivity contribution in [3.63, 3.8) is 0 Å². The molecule has 6 nitrogen and oxygen atoms in total. The number of carbonyl (C=O) groups is 1. The lowest BCUT2D eigenvalue weighted by Gasteiger charge is -2.55. The van der Waals surface area contributed by atoms with E-state index in [1.807, 2.05) is 4.90 Å². The Hall–Kier alpha value is -1.43. The van der Waals surface area contributed by atoms with Gasteiger partial charge in [-0.2, -0.15) is 9.78 Å². The third-order valence-electron chi connectivity index (χ3n) is 4.36. The molecule has 1 amide bonds. The van der Waals surface area contributed by atoms with E-state index in [1.54, 1.807) is 0 Å². The third kappa shape index (κ3) is 2.25. The minimum absolute atomic E-state index is 0.0511. The molecule has 1 spiro atoms. The topological polar surface area (TPSA) is 54.3 Å². The van der Waals surface area contributed by atoms with Gasteiger partial charge < -0.3 is 9.80 Å². The van der Waals surface area contributed by atoms with Crippen molar-refractivity contribution in [3.8, 4) is 0 Å². The van der Waals surface area contributed by atoms with Crippen LogP contribution in [0.15, 0.2) is 12.7 Å². The predicted molar refractivity (Wildman–Crippen MR) is 70.8 cm³/mol. The van der Waals surface area contributed by atoms with Crippen LogP contribution in [-0.2, 0) is 0 Å². The van der Waals surface area contributed by atoms with Gasteiger partial charge in [0.1, 0.15) is 12.7 Å². The number of hydrogen-bond acceptors (Lipinski definition) is 4. The van der Waals surface area contributed by atoms with Gasteiger partial charge in [0.2, 0.25) is 0 Å². The molecule has 2 aliphatic rings. The number of hydrogen-bond donors (Lipinski definition) is 0. The SMILES string of the molecule is CC(C)N1CCCC2(CN(C(=O)n3cncn3)C2)C1. The van der Waals surface area contributed by atoms with Gasteiger partial charge in [0, 0.05) is 31.1 Å². The second-order valence-electron chi connectivity index (χ2n) is 6.15. The molecule has 0 aliphatic carbocycles. The number of carbonyl (C=O) groups excluding carboxylic acids is 1. The van der Waals surface area contributed by atoms with E-state index in [2.05, 4.69) is 28.8 Å². The Morgan fingerprint density at radius 2 is 2.11 bits per heavy atom. The Balaban J connectivity index is 1.61. The van der Waals surface area contributed by atoms with Gasteiger partial charge in [0.15, 0.2) is 0 Å². The average molecular weight is 263 g/mol. The van der Waals surface area contributed by atoms with Gasteiger partial charge >= 0.3 is 6.03 Å². The molecule has 104 valence electrons. The molecule has 1 aromatic heterocycles. The molecule has 1 aromatic rings. The highest BCUT2D eigenvalue weighted by Crippen LogP contribution is 2.39. The molecule has 2 saturated heterocycles. The molecule has 0 N–H and O–H groups in total. The number of amides is 1. The molecule has 6 heteroatoms. The summed E-state index contributed by atoms with van der Waals surface area (Å²) in [5.74, 6) is 0.